The molecule has 6 nitrogen and oxygen atoms in total. The van der Waals surface area contributed by atoms with Crippen molar-refractivity contribution in [3.63, 3.8) is 0 Å². The zero-order chi connectivity index (χ0) is 21.7. The Kier molecular flexibility index (Phi) is 7.12. The van der Waals surface area contributed by atoms with Crippen LogP contribution < -0.4 is 9.47 Å². The van der Waals surface area contributed by atoms with Gasteiger partial charge in [0.2, 0.25) is 0 Å². The molecule has 156 valence electrons. The maximum atomic E-state index is 13.0. The van der Waals surface area contributed by atoms with Gasteiger partial charge < -0.3 is 14.6 Å². The molecule has 2 aromatic rings. The van der Waals surface area contributed by atoms with Gasteiger partial charge in [0.1, 0.15) is 10.4 Å². The minimum atomic E-state index is -1.10. The van der Waals surface area contributed by atoms with Gasteiger partial charge in [0, 0.05) is 6.42 Å². The molecule has 0 saturated carbocycles. The number of hydrogen-bond acceptors (Lipinski definition) is 6. The van der Waals surface area contributed by atoms with E-state index in [2.05, 4.69) is 0 Å². The van der Waals surface area contributed by atoms with Crippen LogP contribution in [0.4, 0.5) is 0 Å². The fraction of sp³-hybridized carbons (Fsp3) is 0.227. The average Bonchev–Trinajstić information content (AvgIpc) is 3.01. The van der Waals surface area contributed by atoms with Gasteiger partial charge in [0.15, 0.2) is 11.5 Å². The molecule has 1 atom stereocenters. The van der Waals surface area contributed by atoms with Crippen molar-refractivity contribution < 1.29 is 24.2 Å². The molecule has 1 aliphatic heterocycles. The number of methoxy groups -OCH3 is 1. The number of carbonyl (C=O) groups excluding carboxylic acids is 1. The summed E-state index contributed by atoms with van der Waals surface area (Å²) in [5.41, 5.74) is 1.55. The Labute approximate surface area is 184 Å². The van der Waals surface area contributed by atoms with Crippen LogP contribution in [0.3, 0.4) is 0 Å². The zero-order valence-corrected chi connectivity index (χ0v) is 18.2. The summed E-state index contributed by atoms with van der Waals surface area (Å²) in [6.45, 7) is 2.39. The molecule has 30 heavy (non-hydrogen) atoms. The normalized spacial score (nSPS) is 16.1. The lowest BCUT2D eigenvalue weighted by molar-refractivity contribution is -0.145. The number of hydrogen-bond donors (Lipinski definition) is 1. The maximum Gasteiger partial charge on any atom is 0.327 e. The van der Waals surface area contributed by atoms with Gasteiger partial charge in [-0.3, -0.25) is 9.69 Å². The lowest BCUT2D eigenvalue weighted by Gasteiger charge is -2.23. The van der Waals surface area contributed by atoms with Crippen LogP contribution in [0.2, 0.25) is 0 Å². The van der Waals surface area contributed by atoms with Crippen LogP contribution in [0.1, 0.15) is 18.1 Å². The van der Waals surface area contributed by atoms with Crippen molar-refractivity contribution in [1.82, 2.24) is 4.90 Å². The first-order chi connectivity index (χ1) is 14.4. The standard InChI is InChI=1S/C22H21NO5S2/c1-3-28-17-10-9-15(12-18(17)27-2)13-19-20(24)23(22(29)30-19)16(21(25)26)11-14-7-5-4-6-8-14/h4-10,12-13,16H,3,11H2,1-2H3,(H,25,26). The number of ether oxygens (including phenoxy) is 2. The highest BCUT2D eigenvalue weighted by molar-refractivity contribution is 8.26. The second-order valence-electron chi connectivity index (χ2n) is 6.44. The van der Waals surface area contributed by atoms with Crippen LogP contribution in [0.5, 0.6) is 11.5 Å². The molecule has 1 aliphatic rings. The molecule has 8 heteroatoms. The van der Waals surface area contributed by atoms with Crippen molar-refractivity contribution in [3.05, 3.63) is 64.6 Å². The molecule has 1 N–H and O–H groups in total. The molecule has 0 spiro atoms. The summed E-state index contributed by atoms with van der Waals surface area (Å²) >= 11 is 6.44. The number of nitrogens with zero attached hydrogens (tertiary/aromatic N) is 1. The number of rotatable bonds is 8. The minimum absolute atomic E-state index is 0.173. The Balaban J connectivity index is 1.87. The number of carboxylic acids is 1. The van der Waals surface area contributed by atoms with Crippen molar-refractivity contribution in [2.45, 2.75) is 19.4 Å². The fourth-order valence-electron chi connectivity index (χ4n) is 3.07. The second kappa shape index (κ2) is 9.77. The molecule has 1 saturated heterocycles. The molecule has 2 aromatic carbocycles. The van der Waals surface area contributed by atoms with E-state index in [0.717, 1.165) is 22.9 Å². The van der Waals surface area contributed by atoms with Gasteiger partial charge >= 0.3 is 5.97 Å². The molecule has 3 rings (SSSR count). The summed E-state index contributed by atoms with van der Waals surface area (Å²) in [7, 11) is 1.54. The predicted molar refractivity (Wildman–Crippen MR) is 121 cm³/mol. The van der Waals surface area contributed by atoms with Gasteiger partial charge in [-0.25, -0.2) is 4.79 Å². The average molecular weight is 444 g/mol. The Morgan fingerprint density at radius 2 is 1.97 bits per heavy atom. The Morgan fingerprint density at radius 1 is 1.23 bits per heavy atom. The molecule has 1 amide bonds. The van der Waals surface area contributed by atoms with Crippen LogP contribution in [-0.2, 0) is 16.0 Å². The number of amides is 1. The van der Waals surface area contributed by atoms with E-state index in [0.29, 0.717) is 23.0 Å². The Morgan fingerprint density at radius 3 is 2.60 bits per heavy atom. The third kappa shape index (κ3) is 4.83. The van der Waals surface area contributed by atoms with E-state index in [1.165, 1.54) is 4.90 Å². The Bertz CT molecular complexity index is 990. The van der Waals surface area contributed by atoms with E-state index in [1.54, 1.807) is 31.4 Å². The van der Waals surface area contributed by atoms with Gasteiger partial charge in [-0.2, -0.15) is 0 Å². The van der Waals surface area contributed by atoms with E-state index in [1.807, 2.05) is 37.3 Å². The van der Waals surface area contributed by atoms with Crippen LogP contribution in [-0.4, -0.2) is 46.0 Å². The van der Waals surface area contributed by atoms with Crippen LogP contribution in [0, 0.1) is 0 Å². The van der Waals surface area contributed by atoms with Crippen molar-refractivity contribution in [2.75, 3.05) is 13.7 Å². The monoisotopic (exact) mass is 443 g/mol. The van der Waals surface area contributed by atoms with Gasteiger partial charge in [0.05, 0.1) is 18.6 Å². The van der Waals surface area contributed by atoms with Crippen molar-refractivity contribution in [3.8, 4) is 11.5 Å². The molecule has 1 unspecified atom stereocenters. The molecule has 0 bridgehead atoms. The zero-order valence-electron chi connectivity index (χ0n) is 16.5. The first-order valence-electron chi connectivity index (χ1n) is 9.29. The van der Waals surface area contributed by atoms with Gasteiger partial charge in [-0.15, -0.1) is 0 Å². The Hall–Kier alpha value is -2.84. The molecule has 1 heterocycles. The van der Waals surface area contributed by atoms with Crippen LogP contribution in [0.25, 0.3) is 6.08 Å². The number of thiocarbonyl (C=S) groups is 1. The van der Waals surface area contributed by atoms with E-state index >= 15 is 0 Å². The summed E-state index contributed by atoms with van der Waals surface area (Å²) in [4.78, 5) is 26.5. The smallest absolute Gasteiger partial charge is 0.327 e. The van der Waals surface area contributed by atoms with Crippen molar-refractivity contribution >= 4 is 46.3 Å². The third-order valence-corrected chi connectivity index (χ3v) is 5.81. The van der Waals surface area contributed by atoms with Gasteiger partial charge in [-0.1, -0.05) is 60.4 Å². The summed E-state index contributed by atoms with van der Waals surface area (Å²) in [5.74, 6) is -0.354. The predicted octanol–water partition coefficient (Wildman–Crippen LogP) is 3.99. The SMILES string of the molecule is CCOc1ccc(C=C2SC(=S)N(C(Cc3ccccc3)C(=O)O)C2=O)cc1OC. The van der Waals surface area contributed by atoms with E-state index < -0.39 is 17.9 Å². The largest absolute Gasteiger partial charge is 0.493 e. The van der Waals surface area contributed by atoms with Gasteiger partial charge in [-0.05, 0) is 36.3 Å². The number of aliphatic carboxylic acids is 1. The molecular formula is C22H21NO5S2. The number of benzene rings is 2. The van der Waals surface area contributed by atoms with Crippen LogP contribution in [0.15, 0.2) is 53.4 Å². The van der Waals surface area contributed by atoms with E-state index in [4.69, 9.17) is 21.7 Å². The van der Waals surface area contributed by atoms with E-state index in [-0.39, 0.29) is 10.7 Å². The lowest BCUT2D eigenvalue weighted by Crippen LogP contribution is -2.45. The number of thioether (sulfide) groups is 1. The van der Waals surface area contributed by atoms with Crippen LogP contribution >= 0.6 is 24.0 Å². The third-order valence-electron chi connectivity index (χ3n) is 4.48. The quantitative estimate of drug-likeness (QED) is 0.488. The fourth-order valence-corrected chi connectivity index (χ4v) is 4.43. The molecule has 0 aromatic heterocycles. The molecule has 0 aliphatic carbocycles. The number of carboxylic acid groups (broad SMARTS) is 1. The highest BCUT2D eigenvalue weighted by atomic mass is 32.2. The first-order valence-corrected chi connectivity index (χ1v) is 10.5. The lowest BCUT2D eigenvalue weighted by atomic mass is 10.0. The summed E-state index contributed by atoms with van der Waals surface area (Å²) in [5, 5.41) is 9.74. The first kappa shape index (κ1) is 21.9. The van der Waals surface area contributed by atoms with Crippen molar-refractivity contribution in [2.24, 2.45) is 0 Å². The molecular weight excluding hydrogens is 422 g/mol. The topological polar surface area (TPSA) is 76.1 Å². The maximum absolute atomic E-state index is 13.0. The van der Waals surface area contributed by atoms with Crippen molar-refractivity contribution in [1.29, 1.82) is 0 Å². The summed E-state index contributed by atoms with van der Waals surface area (Å²) in [6.07, 6.45) is 1.85. The molecule has 0 radical (unpaired) electrons. The van der Waals surface area contributed by atoms with Gasteiger partial charge in [0.25, 0.3) is 5.91 Å². The molecule has 1 fully saturated rings. The number of carbonyl (C=O) groups is 2. The summed E-state index contributed by atoms with van der Waals surface area (Å²) < 4.78 is 11.1. The highest BCUT2D eigenvalue weighted by Crippen LogP contribution is 2.36. The second-order valence-corrected chi connectivity index (χ2v) is 8.11. The summed E-state index contributed by atoms with van der Waals surface area (Å²) in [6, 6.07) is 13.4. The highest BCUT2D eigenvalue weighted by Gasteiger charge is 2.40. The van der Waals surface area contributed by atoms with E-state index in [9.17, 15) is 14.7 Å². The minimum Gasteiger partial charge on any atom is -0.493 e.